The van der Waals surface area contributed by atoms with E-state index in [0.29, 0.717) is 56.0 Å². The number of carbonyl (C=O) groups is 3. The number of fused-ring (bicyclic) bond motifs is 8. The van der Waals surface area contributed by atoms with Crippen LogP contribution in [-0.2, 0) is 45.8 Å². The molecule has 3 aliphatic carbocycles. The molecule has 3 aliphatic heterocycles. The van der Waals surface area contributed by atoms with Crippen molar-refractivity contribution in [1.82, 2.24) is 9.88 Å². The highest BCUT2D eigenvalue weighted by Gasteiger charge is 2.80. The van der Waals surface area contributed by atoms with E-state index in [1.54, 1.807) is 18.9 Å². The van der Waals surface area contributed by atoms with Crippen molar-refractivity contribution in [3.05, 3.63) is 76.5 Å². The molecular weight excluding hydrogens is 855 g/mol. The number of nitrogens with zero attached hydrogens (tertiary/aromatic N) is 2. The molecule has 356 valence electrons. The Labute approximate surface area is 393 Å². The van der Waals surface area contributed by atoms with Crippen LogP contribution in [0.15, 0.2) is 59.0 Å². The number of rotatable bonds is 11. The molecule has 3 aromatic rings. The number of anilines is 1. The van der Waals surface area contributed by atoms with Crippen molar-refractivity contribution in [3.63, 3.8) is 0 Å². The summed E-state index contributed by atoms with van der Waals surface area (Å²) in [6.45, 7) is 7.06. The molecule has 1 saturated heterocycles. The number of nitrogens with one attached hydrogen (secondary N) is 1. The third-order valence-electron chi connectivity index (χ3n) is 16.9. The van der Waals surface area contributed by atoms with E-state index in [4.69, 9.17) is 18.9 Å². The lowest BCUT2D eigenvalue weighted by molar-refractivity contribution is -0.228. The molecule has 0 radical (unpaired) electrons. The molecule has 6 aliphatic rings. The molecule has 4 heterocycles. The predicted octanol–water partition coefficient (Wildman–Crippen LogP) is 7.93. The maximum atomic E-state index is 15.8. The molecule has 0 amide bonds. The lowest BCUT2D eigenvalue weighted by atomic mass is 9.47. The van der Waals surface area contributed by atoms with Crippen LogP contribution in [0, 0.1) is 17.3 Å². The number of aliphatic hydroxyl groups excluding tert-OH is 1. The van der Waals surface area contributed by atoms with Gasteiger partial charge in [0, 0.05) is 88.6 Å². The topological polar surface area (TPSA) is 151 Å². The number of likely N-dealkylation sites (N-methyl/N-ethyl adjacent to an activating group) is 1. The van der Waals surface area contributed by atoms with Crippen LogP contribution < -0.4 is 9.64 Å². The highest BCUT2D eigenvalue weighted by molar-refractivity contribution is 7.99. The number of H-pyrrole nitrogens is 1. The number of ether oxygens (including phenoxy) is 4. The molecule has 2 bridgehead atoms. The van der Waals surface area contributed by atoms with Crippen LogP contribution in [0.1, 0.15) is 114 Å². The molecule has 9 rings (SSSR count). The van der Waals surface area contributed by atoms with Gasteiger partial charge in [0.05, 0.1) is 27.4 Å². The number of methoxy groups -OCH3 is 3. The van der Waals surface area contributed by atoms with Gasteiger partial charge in [0.1, 0.15) is 11.2 Å². The van der Waals surface area contributed by atoms with Crippen LogP contribution in [0.5, 0.6) is 5.75 Å². The largest absolute Gasteiger partial charge is 0.496 e. The molecule has 1 saturated carbocycles. The first-order valence-corrected chi connectivity index (χ1v) is 25.3. The Hall–Kier alpha value is -4.30. The summed E-state index contributed by atoms with van der Waals surface area (Å²) in [5.41, 5.74) is 1.13. The molecule has 2 aromatic carbocycles. The molecule has 66 heavy (non-hydrogen) atoms. The zero-order valence-electron chi connectivity index (χ0n) is 39.9. The molecule has 12 nitrogen and oxygen atoms in total. The minimum absolute atomic E-state index is 0.0353. The van der Waals surface area contributed by atoms with E-state index in [1.165, 1.54) is 26.7 Å². The van der Waals surface area contributed by atoms with Crippen LogP contribution in [0.2, 0.25) is 0 Å². The Bertz CT molecular complexity index is 2450. The van der Waals surface area contributed by atoms with Crippen molar-refractivity contribution in [2.24, 2.45) is 17.3 Å². The van der Waals surface area contributed by atoms with Gasteiger partial charge < -0.3 is 39.0 Å². The van der Waals surface area contributed by atoms with Crippen LogP contribution in [0.4, 0.5) is 5.69 Å². The Morgan fingerprint density at radius 3 is 2.48 bits per heavy atom. The van der Waals surface area contributed by atoms with Gasteiger partial charge in [-0.15, -0.1) is 11.8 Å². The van der Waals surface area contributed by atoms with Crippen molar-refractivity contribution in [2.75, 3.05) is 58.7 Å². The lowest BCUT2D eigenvalue weighted by Crippen LogP contribution is -2.81. The maximum Gasteiger partial charge on any atom is 0.344 e. The number of hydrogen-bond donors (Lipinski definition) is 3. The van der Waals surface area contributed by atoms with Gasteiger partial charge in [-0.25, -0.2) is 4.79 Å². The number of allylic oxidation sites excluding steroid dienone is 2. The van der Waals surface area contributed by atoms with E-state index >= 15 is 4.79 Å². The summed E-state index contributed by atoms with van der Waals surface area (Å²) < 4.78 is 24.4. The van der Waals surface area contributed by atoms with E-state index in [2.05, 4.69) is 59.3 Å². The smallest absolute Gasteiger partial charge is 0.344 e. The minimum Gasteiger partial charge on any atom is -0.496 e. The normalized spacial score (nSPS) is 33.3. The SMILES string of the molecule is CC/C1=C/[C@H]2CCCC(CCC1)Cc1c([nH]c3ccc(SCCCO)cc13)[C@@](C(=O)OC)(c1cc3c(cc1OC)N(C)[C@H]1[C@@](O)(C(=O)OC)[C@H](OC(C)=O)[C@]4(CC)C=CCN5CC[C@]31[C@@H]54)C2. The highest BCUT2D eigenvalue weighted by atomic mass is 32.2. The molecule has 2 fully saturated rings. The zero-order valence-corrected chi connectivity index (χ0v) is 40.7. The van der Waals surface area contributed by atoms with Gasteiger partial charge in [-0.3, -0.25) is 14.5 Å². The third-order valence-corrected chi connectivity index (χ3v) is 18.0. The van der Waals surface area contributed by atoms with Crippen LogP contribution >= 0.6 is 11.8 Å². The Morgan fingerprint density at radius 2 is 1.77 bits per heavy atom. The number of aliphatic hydroxyl groups is 2. The number of hydrogen-bond acceptors (Lipinski definition) is 12. The fraction of sp³-hybridized carbons (Fsp3) is 0.604. The number of benzene rings is 2. The van der Waals surface area contributed by atoms with Crippen molar-refractivity contribution >= 4 is 46.3 Å². The number of carbonyl (C=O) groups excluding carboxylic acids is 3. The summed E-state index contributed by atoms with van der Waals surface area (Å²) in [7, 11) is 6.31. The Kier molecular flexibility index (Phi) is 12.7. The average molecular weight is 924 g/mol. The standard InChI is InChI=1S/C53H69N3O9S/c1-8-33-14-10-15-34-16-11-17-35(26-33)31-52(48(59)63-6,44-38(27-34)37-28-36(66-25-13-24-57)18-19-41(37)54-44)40-29-39-42(30-43(40)62-5)55(4)46-51(39)21-23-56-22-12-20-50(9-2,45(51)56)47(65-32(3)58)53(46,61)49(60)64-7/h12,18-20,26,28-30,34-35,45-47,54,57,61H,8-11,13-17,21-25,27,31H2,1-7H3/b33-26-/t34?,35-,45+,46-,47-,50-,51-,52+,53+/m1/s1. The number of aromatic nitrogens is 1. The van der Waals surface area contributed by atoms with E-state index in [1.807, 2.05) is 24.9 Å². The van der Waals surface area contributed by atoms with E-state index < -0.39 is 45.9 Å². The summed E-state index contributed by atoms with van der Waals surface area (Å²) in [6, 6.07) is 9.49. The van der Waals surface area contributed by atoms with E-state index in [9.17, 15) is 19.8 Å². The van der Waals surface area contributed by atoms with Gasteiger partial charge in [-0.2, -0.15) is 0 Å². The van der Waals surface area contributed by atoms with Crippen molar-refractivity contribution in [2.45, 2.75) is 137 Å². The zero-order chi connectivity index (χ0) is 46.8. The fourth-order valence-corrected chi connectivity index (χ4v) is 15.2. The van der Waals surface area contributed by atoms with E-state index in [-0.39, 0.29) is 24.5 Å². The van der Waals surface area contributed by atoms with Gasteiger partial charge >= 0.3 is 17.9 Å². The highest BCUT2D eigenvalue weighted by Crippen LogP contribution is 2.68. The van der Waals surface area contributed by atoms with Crippen molar-refractivity contribution in [1.29, 1.82) is 0 Å². The summed E-state index contributed by atoms with van der Waals surface area (Å²) in [5, 5.41) is 24.2. The fourth-order valence-electron chi connectivity index (χ4n) is 14.3. The summed E-state index contributed by atoms with van der Waals surface area (Å²) in [6.07, 6.45) is 15.6. The first-order chi connectivity index (χ1) is 31.8. The van der Waals surface area contributed by atoms with E-state index in [0.717, 1.165) is 95.4 Å². The van der Waals surface area contributed by atoms with Gasteiger partial charge in [0.25, 0.3) is 0 Å². The Morgan fingerprint density at radius 1 is 0.985 bits per heavy atom. The van der Waals surface area contributed by atoms with Gasteiger partial charge in [0.2, 0.25) is 5.60 Å². The first-order valence-electron chi connectivity index (χ1n) is 24.3. The molecule has 3 N–H and O–H groups in total. The van der Waals surface area contributed by atoms with Crippen LogP contribution in [0.3, 0.4) is 0 Å². The molecule has 13 heteroatoms. The summed E-state index contributed by atoms with van der Waals surface area (Å²) in [5.74, 6) is -0.0916. The van der Waals surface area contributed by atoms with Gasteiger partial charge in [-0.05, 0) is 118 Å². The van der Waals surface area contributed by atoms with Crippen molar-refractivity contribution in [3.8, 4) is 5.75 Å². The quantitative estimate of drug-likeness (QED) is 0.0564. The first kappa shape index (κ1) is 46.8. The minimum atomic E-state index is -2.30. The van der Waals surface area contributed by atoms with Crippen LogP contribution in [0.25, 0.3) is 10.9 Å². The number of esters is 3. The Balaban J connectivity index is 1.37. The van der Waals surface area contributed by atoms with Crippen LogP contribution in [-0.4, -0.2) is 116 Å². The number of aromatic amines is 1. The number of thioether (sulfide) groups is 1. The third kappa shape index (κ3) is 6.90. The maximum absolute atomic E-state index is 15.8. The second-order valence-corrected chi connectivity index (χ2v) is 21.2. The average Bonchev–Trinajstić information content (AvgIpc) is 3.97. The molecule has 1 aromatic heterocycles. The molecular formula is C53H69N3O9S. The molecule has 1 spiro atoms. The second-order valence-electron chi connectivity index (χ2n) is 20.0. The monoisotopic (exact) mass is 923 g/mol. The summed E-state index contributed by atoms with van der Waals surface area (Å²) >= 11 is 1.73. The molecule has 1 unspecified atom stereocenters. The van der Waals surface area contributed by atoms with Gasteiger partial charge in [-0.1, -0.05) is 50.5 Å². The predicted molar refractivity (Wildman–Crippen MR) is 256 cm³/mol. The second kappa shape index (κ2) is 18.0. The molecule has 9 atom stereocenters. The van der Waals surface area contributed by atoms with Gasteiger partial charge in [0.15, 0.2) is 6.10 Å². The van der Waals surface area contributed by atoms with Crippen molar-refractivity contribution < 1.29 is 43.5 Å². The summed E-state index contributed by atoms with van der Waals surface area (Å²) in [4.78, 5) is 52.9. The lowest BCUT2D eigenvalue weighted by Gasteiger charge is -2.63.